The molecular formula is C19H25IN4O2. The highest BCUT2D eigenvalue weighted by Gasteiger charge is 2.22. The average molecular weight is 468 g/mol. The fraction of sp³-hybridized carbons (Fsp3) is 0.368. The highest BCUT2D eigenvalue weighted by molar-refractivity contribution is 14.0. The van der Waals surface area contributed by atoms with Crippen LogP contribution < -0.4 is 10.2 Å². The molecule has 2 aromatic rings. The van der Waals surface area contributed by atoms with Crippen molar-refractivity contribution in [3.8, 4) is 0 Å². The van der Waals surface area contributed by atoms with Crippen molar-refractivity contribution in [2.45, 2.75) is 12.8 Å². The second-order valence-corrected chi connectivity index (χ2v) is 6.21. The number of hydrogen-bond donors (Lipinski definition) is 1. The Hall–Kier alpha value is -2.03. The van der Waals surface area contributed by atoms with E-state index in [1.807, 2.05) is 18.2 Å². The quantitative estimate of drug-likeness (QED) is 0.417. The lowest BCUT2D eigenvalue weighted by Crippen LogP contribution is -2.42. The number of fused-ring (bicyclic) bond motifs is 1. The number of benzene rings is 1. The zero-order valence-corrected chi connectivity index (χ0v) is 17.5. The Bertz CT molecular complexity index is 744. The summed E-state index contributed by atoms with van der Waals surface area (Å²) < 4.78 is 5.37. The van der Waals surface area contributed by atoms with Crippen molar-refractivity contribution >= 4 is 41.5 Å². The molecule has 0 radical (unpaired) electrons. The normalized spacial score (nSPS) is 13.2. The molecule has 1 aliphatic rings. The van der Waals surface area contributed by atoms with E-state index in [1.165, 1.54) is 5.56 Å². The molecule has 0 saturated heterocycles. The Kier molecular flexibility index (Phi) is 7.50. The van der Waals surface area contributed by atoms with Crippen molar-refractivity contribution in [2.75, 3.05) is 38.6 Å². The van der Waals surface area contributed by atoms with Crippen LogP contribution in [0.2, 0.25) is 0 Å². The number of carbonyl (C=O) groups excluding carboxylic acids is 1. The first kappa shape index (κ1) is 20.3. The first-order valence-electron chi connectivity index (χ1n) is 8.51. The predicted octanol–water partition coefficient (Wildman–Crippen LogP) is 2.54. The number of nitrogens with zero attached hydrogens (tertiary/aromatic N) is 3. The lowest BCUT2D eigenvalue weighted by Gasteiger charge is -2.23. The molecule has 6 nitrogen and oxygen atoms in total. The van der Waals surface area contributed by atoms with Gasteiger partial charge in [-0.1, -0.05) is 18.2 Å². The molecule has 0 saturated carbocycles. The van der Waals surface area contributed by atoms with E-state index in [2.05, 4.69) is 33.4 Å². The van der Waals surface area contributed by atoms with Crippen LogP contribution in [0.25, 0.3) is 0 Å². The smallest absolute Gasteiger partial charge is 0.243 e. The third-order valence-corrected chi connectivity index (χ3v) is 4.24. The topological polar surface area (TPSA) is 61.1 Å². The van der Waals surface area contributed by atoms with Crippen LogP contribution in [-0.4, -0.2) is 50.5 Å². The third-order valence-electron chi connectivity index (χ3n) is 4.24. The van der Waals surface area contributed by atoms with Gasteiger partial charge in [0.1, 0.15) is 12.3 Å². The van der Waals surface area contributed by atoms with Gasteiger partial charge in [-0.15, -0.1) is 24.0 Å². The van der Waals surface area contributed by atoms with Crippen molar-refractivity contribution in [1.29, 1.82) is 0 Å². The highest BCUT2D eigenvalue weighted by Crippen LogP contribution is 2.27. The van der Waals surface area contributed by atoms with Crippen molar-refractivity contribution in [3.63, 3.8) is 0 Å². The van der Waals surface area contributed by atoms with Gasteiger partial charge in [-0.2, -0.15) is 0 Å². The Labute approximate surface area is 171 Å². The fourth-order valence-electron chi connectivity index (χ4n) is 2.83. The fourth-order valence-corrected chi connectivity index (χ4v) is 2.83. The van der Waals surface area contributed by atoms with Crippen LogP contribution in [0.3, 0.4) is 0 Å². The molecule has 2 heterocycles. The summed E-state index contributed by atoms with van der Waals surface area (Å²) in [5, 5.41) is 3.38. The number of halogens is 1. The van der Waals surface area contributed by atoms with Gasteiger partial charge in [-0.25, -0.2) is 4.99 Å². The van der Waals surface area contributed by atoms with Gasteiger partial charge in [0.05, 0.1) is 6.26 Å². The molecule has 26 heavy (non-hydrogen) atoms. The summed E-state index contributed by atoms with van der Waals surface area (Å²) in [6.07, 6.45) is 3.43. The van der Waals surface area contributed by atoms with Crippen LogP contribution >= 0.6 is 24.0 Å². The van der Waals surface area contributed by atoms with E-state index in [-0.39, 0.29) is 36.4 Å². The largest absolute Gasteiger partial charge is 0.469 e. The molecule has 7 heteroatoms. The lowest BCUT2D eigenvalue weighted by atomic mass is 10.2. The number of likely N-dealkylation sites (N-methyl/N-ethyl adjacent to an activating group) is 1. The maximum atomic E-state index is 11.9. The number of para-hydroxylation sites is 1. The van der Waals surface area contributed by atoms with Gasteiger partial charge >= 0.3 is 0 Å². The maximum absolute atomic E-state index is 11.9. The summed E-state index contributed by atoms with van der Waals surface area (Å²) in [4.78, 5) is 20.2. The second kappa shape index (κ2) is 9.61. The standard InChI is InChI=1S/C19H24N4O2.HI/c1-22(2)18(24)14-21-19(20-11-9-16-7-5-13-25-16)23-12-10-15-6-3-4-8-17(15)23;/h3-8,13H,9-12,14H2,1-2H3,(H,20,21);1H. The van der Waals surface area contributed by atoms with Crippen molar-refractivity contribution in [1.82, 2.24) is 10.2 Å². The van der Waals surface area contributed by atoms with Gasteiger partial charge in [0, 0.05) is 39.3 Å². The lowest BCUT2D eigenvalue weighted by molar-refractivity contribution is -0.127. The minimum atomic E-state index is -0.0159. The molecule has 0 bridgehead atoms. The molecule has 1 aliphatic heterocycles. The molecule has 1 aromatic heterocycles. The summed E-state index contributed by atoms with van der Waals surface area (Å²) in [5.74, 6) is 1.66. The number of rotatable bonds is 5. The van der Waals surface area contributed by atoms with Crippen LogP contribution in [0, 0.1) is 0 Å². The number of hydrogen-bond acceptors (Lipinski definition) is 3. The molecule has 140 valence electrons. The van der Waals surface area contributed by atoms with Gasteiger partial charge in [0.25, 0.3) is 0 Å². The van der Waals surface area contributed by atoms with Crippen LogP contribution in [0.5, 0.6) is 0 Å². The van der Waals surface area contributed by atoms with E-state index in [9.17, 15) is 4.79 Å². The highest BCUT2D eigenvalue weighted by atomic mass is 127. The predicted molar refractivity (Wildman–Crippen MR) is 114 cm³/mol. The van der Waals surface area contributed by atoms with E-state index in [4.69, 9.17) is 4.42 Å². The monoisotopic (exact) mass is 468 g/mol. The summed E-state index contributed by atoms with van der Waals surface area (Å²) in [6, 6.07) is 12.2. The van der Waals surface area contributed by atoms with Crippen LogP contribution in [0.4, 0.5) is 5.69 Å². The molecule has 0 spiro atoms. The SMILES string of the molecule is CN(C)C(=O)CN=C(NCCc1ccco1)N1CCc2ccccc21.I. The zero-order chi connectivity index (χ0) is 17.6. The van der Waals surface area contributed by atoms with Crippen molar-refractivity contribution in [3.05, 3.63) is 54.0 Å². The number of amides is 1. The maximum Gasteiger partial charge on any atom is 0.243 e. The van der Waals surface area contributed by atoms with Gasteiger partial charge in [-0.3, -0.25) is 4.79 Å². The molecule has 1 N–H and O–H groups in total. The third kappa shape index (κ3) is 5.00. The van der Waals surface area contributed by atoms with E-state index in [1.54, 1.807) is 25.3 Å². The summed E-state index contributed by atoms with van der Waals surface area (Å²) >= 11 is 0. The zero-order valence-electron chi connectivity index (χ0n) is 15.1. The number of aliphatic imine (C=N–C) groups is 1. The Balaban J connectivity index is 0.00000243. The molecule has 0 atom stereocenters. The Morgan fingerprint density at radius 3 is 2.81 bits per heavy atom. The Morgan fingerprint density at radius 1 is 1.27 bits per heavy atom. The summed E-state index contributed by atoms with van der Waals surface area (Å²) in [5.41, 5.74) is 2.46. The first-order valence-corrected chi connectivity index (χ1v) is 8.51. The molecular weight excluding hydrogens is 443 g/mol. The second-order valence-electron chi connectivity index (χ2n) is 6.21. The van der Waals surface area contributed by atoms with Crippen molar-refractivity contribution < 1.29 is 9.21 Å². The summed E-state index contributed by atoms with van der Waals surface area (Å²) in [7, 11) is 3.49. The number of nitrogens with one attached hydrogen (secondary N) is 1. The van der Waals surface area contributed by atoms with Gasteiger partial charge in [0.2, 0.25) is 5.91 Å². The van der Waals surface area contributed by atoms with E-state index in [0.29, 0.717) is 6.54 Å². The molecule has 1 amide bonds. The van der Waals surface area contributed by atoms with Crippen LogP contribution in [0.1, 0.15) is 11.3 Å². The Morgan fingerprint density at radius 2 is 2.08 bits per heavy atom. The number of carbonyl (C=O) groups is 1. The first-order chi connectivity index (χ1) is 12.1. The average Bonchev–Trinajstić information content (AvgIpc) is 3.27. The molecule has 0 unspecified atom stereocenters. The molecule has 0 aliphatic carbocycles. The van der Waals surface area contributed by atoms with Gasteiger partial charge in [-0.05, 0) is 30.2 Å². The summed E-state index contributed by atoms with van der Waals surface area (Å²) in [6.45, 7) is 1.69. The van der Waals surface area contributed by atoms with E-state index < -0.39 is 0 Å². The molecule has 3 rings (SSSR count). The van der Waals surface area contributed by atoms with Gasteiger partial charge < -0.3 is 19.5 Å². The minimum absolute atomic E-state index is 0. The number of furan rings is 1. The minimum Gasteiger partial charge on any atom is -0.469 e. The van der Waals surface area contributed by atoms with Crippen molar-refractivity contribution in [2.24, 2.45) is 4.99 Å². The number of guanidine groups is 1. The number of anilines is 1. The van der Waals surface area contributed by atoms with Gasteiger partial charge in [0.15, 0.2) is 5.96 Å². The van der Waals surface area contributed by atoms with Crippen LogP contribution in [-0.2, 0) is 17.6 Å². The van der Waals surface area contributed by atoms with Crippen LogP contribution in [0.15, 0.2) is 52.1 Å². The molecule has 1 aromatic carbocycles. The molecule has 0 fully saturated rings. The van der Waals surface area contributed by atoms with E-state index >= 15 is 0 Å². The van der Waals surface area contributed by atoms with E-state index in [0.717, 1.165) is 36.8 Å².